The van der Waals surface area contributed by atoms with E-state index in [-0.39, 0.29) is 5.92 Å². The molecule has 0 radical (unpaired) electrons. The molecule has 0 N–H and O–H groups in total. The summed E-state index contributed by atoms with van der Waals surface area (Å²) in [4.78, 5) is 0. The number of rotatable bonds is 6. The van der Waals surface area contributed by atoms with Gasteiger partial charge in [-0.15, -0.1) is 0 Å². The normalized spacial score (nSPS) is 46.3. The number of fused-ring (bicyclic) bond motifs is 3. The zero-order valence-electron chi connectivity index (χ0n) is 18.2. The van der Waals surface area contributed by atoms with Crippen LogP contribution in [0.3, 0.4) is 0 Å². The van der Waals surface area contributed by atoms with Crippen LogP contribution >= 0.6 is 0 Å². The number of hydrogen-bond acceptors (Lipinski definition) is 0. The first-order chi connectivity index (χ1) is 13.2. The standard InChI is InChI=1S/C25H41F3/c1-4-5-19-18(15-25(26,27)28)9-10-21-20(19)12-13-24(3)22(11-8-17-6-7-17)16(2)14-23(21)24/h16-23H,4-15H2,1-3H3. The molecule has 8 atom stereocenters. The molecule has 4 saturated carbocycles. The second-order valence-electron chi connectivity index (χ2n) is 11.4. The molecule has 0 amide bonds. The van der Waals surface area contributed by atoms with Crippen LogP contribution in [-0.4, -0.2) is 6.18 Å². The van der Waals surface area contributed by atoms with Gasteiger partial charge in [-0.3, -0.25) is 0 Å². The predicted molar refractivity (Wildman–Crippen MR) is 109 cm³/mol. The Kier molecular flexibility index (Phi) is 5.86. The van der Waals surface area contributed by atoms with Crippen molar-refractivity contribution in [1.82, 2.24) is 0 Å². The van der Waals surface area contributed by atoms with Gasteiger partial charge >= 0.3 is 6.18 Å². The molecule has 4 aliphatic carbocycles. The predicted octanol–water partition coefficient (Wildman–Crippen LogP) is 8.26. The van der Waals surface area contributed by atoms with E-state index in [0.717, 1.165) is 49.4 Å². The van der Waals surface area contributed by atoms with Crippen LogP contribution in [0.5, 0.6) is 0 Å². The third-order valence-corrected chi connectivity index (χ3v) is 9.81. The average molecular weight is 399 g/mol. The van der Waals surface area contributed by atoms with Crippen molar-refractivity contribution in [3.8, 4) is 0 Å². The van der Waals surface area contributed by atoms with Crippen molar-refractivity contribution in [3.05, 3.63) is 0 Å². The minimum absolute atomic E-state index is 0.116. The van der Waals surface area contributed by atoms with E-state index in [0.29, 0.717) is 23.2 Å². The first-order valence-electron chi connectivity index (χ1n) is 12.3. The lowest BCUT2D eigenvalue weighted by Crippen LogP contribution is -2.48. The molecular weight excluding hydrogens is 357 g/mol. The lowest BCUT2D eigenvalue weighted by atomic mass is 9.50. The molecule has 0 bridgehead atoms. The molecule has 0 aromatic rings. The van der Waals surface area contributed by atoms with E-state index in [1.807, 2.05) is 0 Å². The zero-order chi connectivity index (χ0) is 20.1. The molecule has 0 nitrogen and oxygen atoms in total. The number of hydrogen-bond donors (Lipinski definition) is 0. The van der Waals surface area contributed by atoms with Crippen LogP contribution in [0.4, 0.5) is 13.2 Å². The van der Waals surface area contributed by atoms with Gasteiger partial charge in [-0.05, 0) is 91.3 Å². The van der Waals surface area contributed by atoms with Crippen molar-refractivity contribution in [2.24, 2.45) is 52.8 Å². The van der Waals surface area contributed by atoms with E-state index in [4.69, 9.17) is 0 Å². The van der Waals surface area contributed by atoms with Crippen molar-refractivity contribution in [2.45, 2.75) is 104 Å². The highest BCUT2D eigenvalue weighted by atomic mass is 19.4. The second-order valence-corrected chi connectivity index (χ2v) is 11.4. The van der Waals surface area contributed by atoms with E-state index >= 15 is 0 Å². The van der Waals surface area contributed by atoms with Crippen molar-refractivity contribution >= 4 is 0 Å². The summed E-state index contributed by atoms with van der Waals surface area (Å²) in [7, 11) is 0. The molecular formula is C25H41F3. The van der Waals surface area contributed by atoms with E-state index in [1.54, 1.807) is 0 Å². The highest BCUT2D eigenvalue weighted by Gasteiger charge is 2.58. The first kappa shape index (κ1) is 21.0. The summed E-state index contributed by atoms with van der Waals surface area (Å²) in [6, 6.07) is 0. The van der Waals surface area contributed by atoms with Gasteiger partial charge in [0.15, 0.2) is 0 Å². The maximum atomic E-state index is 13.2. The fourth-order valence-corrected chi connectivity index (χ4v) is 8.47. The SMILES string of the molecule is CCCC1C(CC(F)(F)F)CCC2C1CCC1(C)C(CCC3CC3)C(C)CC21. The minimum Gasteiger partial charge on any atom is -0.171 e. The molecule has 4 aliphatic rings. The maximum absolute atomic E-state index is 13.2. The van der Waals surface area contributed by atoms with Gasteiger partial charge < -0.3 is 0 Å². The summed E-state index contributed by atoms with van der Waals surface area (Å²) in [5.74, 6) is 4.92. The average Bonchev–Trinajstić information content (AvgIpc) is 3.39. The van der Waals surface area contributed by atoms with Crippen molar-refractivity contribution in [2.75, 3.05) is 0 Å². The van der Waals surface area contributed by atoms with Gasteiger partial charge in [-0.2, -0.15) is 13.2 Å². The van der Waals surface area contributed by atoms with Crippen molar-refractivity contribution < 1.29 is 13.2 Å². The molecule has 8 unspecified atom stereocenters. The molecule has 0 aromatic heterocycles. The van der Waals surface area contributed by atoms with Crippen molar-refractivity contribution in [3.63, 3.8) is 0 Å². The van der Waals surface area contributed by atoms with E-state index in [9.17, 15) is 13.2 Å². The molecule has 162 valence electrons. The highest BCUT2D eigenvalue weighted by Crippen LogP contribution is 2.66. The van der Waals surface area contributed by atoms with Crippen LogP contribution in [0.2, 0.25) is 0 Å². The summed E-state index contributed by atoms with van der Waals surface area (Å²) in [5.41, 5.74) is 0.461. The Morgan fingerprint density at radius 2 is 1.68 bits per heavy atom. The Bertz CT molecular complexity index is 536. The summed E-state index contributed by atoms with van der Waals surface area (Å²) >= 11 is 0. The Balaban J connectivity index is 1.50. The van der Waals surface area contributed by atoms with Gasteiger partial charge in [0.05, 0.1) is 0 Å². The number of alkyl halides is 3. The second kappa shape index (κ2) is 7.80. The van der Waals surface area contributed by atoms with Crippen LogP contribution in [0.1, 0.15) is 97.8 Å². The van der Waals surface area contributed by atoms with Gasteiger partial charge in [0.2, 0.25) is 0 Å². The fourth-order valence-electron chi connectivity index (χ4n) is 8.47. The number of halogens is 3. The van der Waals surface area contributed by atoms with E-state index in [1.165, 1.54) is 44.9 Å². The van der Waals surface area contributed by atoms with Gasteiger partial charge in [-0.25, -0.2) is 0 Å². The fraction of sp³-hybridized carbons (Fsp3) is 1.00. The molecule has 0 heterocycles. The molecule has 4 fully saturated rings. The van der Waals surface area contributed by atoms with Crippen LogP contribution in [-0.2, 0) is 0 Å². The molecule has 3 heteroatoms. The largest absolute Gasteiger partial charge is 0.389 e. The molecule has 0 aromatic carbocycles. The van der Waals surface area contributed by atoms with Gasteiger partial charge in [-0.1, -0.05) is 52.9 Å². The molecule has 0 saturated heterocycles. The maximum Gasteiger partial charge on any atom is 0.389 e. The molecule has 4 rings (SSSR count). The van der Waals surface area contributed by atoms with E-state index < -0.39 is 12.6 Å². The van der Waals surface area contributed by atoms with Crippen molar-refractivity contribution in [1.29, 1.82) is 0 Å². The van der Waals surface area contributed by atoms with Gasteiger partial charge in [0, 0.05) is 6.42 Å². The monoisotopic (exact) mass is 398 g/mol. The summed E-state index contributed by atoms with van der Waals surface area (Å²) in [5, 5.41) is 0. The lowest BCUT2D eigenvalue weighted by Gasteiger charge is -2.55. The highest BCUT2D eigenvalue weighted by molar-refractivity contribution is 5.07. The molecule has 0 aliphatic heterocycles. The summed E-state index contributed by atoms with van der Waals surface area (Å²) in [6.45, 7) is 7.22. The molecule has 28 heavy (non-hydrogen) atoms. The van der Waals surface area contributed by atoms with Crippen LogP contribution in [0, 0.1) is 52.8 Å². The summed E-state index contributed by atoms with van der Waals surface area (Å²) < 4.78 is 39.6. The van der Waals surface area contributed by atoms with Gasteiger partial charge in [0.1, 0.15) is 0 Å². The minimum atomic E-state index is -4.00. The Hall–Kier alpha value is -0.210. The Morgan fingerprint density at radius 3 is 2.32 bits per heavy atom. The van der Waals surface area contributed by atoms with Crippen LogP contribution in [0.25, 0.3) is 0 Å². The molecule has 0 spiro atoms. The van der Waals surface area contributed by atoms with Crippen LogP contribution < -0.4 is 0 Å². The van der Waals surface area contributed by atoms with Crippen LogP contribution in [0.15, 0.2) is 0 Å². The van der Waals surface area contributed by atoms with Gasteiger partial charge in [0.25, 0.3) is 0 Å². The Morgan fingerprint density at radius 1 is 0.929 bits per heavy atom. The zero-order valence-corrected chi connectivity index (χ0v) is 18.2. The third-order valence-electron chi connectivity index (χ3n) is 9.81. The quantitative estimate of drug-likeness (QED) is 0.422. The van der Waals surface area contributed by atoms with E-state index in [2.05, 4.69) is 20.8 Å². The summed E-state index contributed by atoms with van der Waals surface area (Å²) in [6.07, 6.45) is 8.94. The lowest BCUT2D eigenvalue weighted by molar-refractivity contribution is -0.161. The Labute approximate surface area is 170 Å². The third kappa shape index (κ3) is 4.02. The first-order valence-corrected chi connectivity index (χ1v) is 12.3. The smallest absolute Gasteiger partial charge is 0.171 e. The topological polar surface area (TPSA) is 0 Å².